The molecule has 1 spiro atoms. The van der Waals surface area contributed by atoms with Crippen LogP contribution < -0.4 is 0 Å². The predicted molar refractivity (Wildman–Crippen MR) is 105 cm³/mol. The maximum atomic E-state index is 13.2. The summed E-state index contributed by atoms with van der Waals surface area (Å²) in [6.07, 6.45) is 9.01. The van der Waals surface area contributed by atoms with Crippen molar-refractivity contribution < 1.29 is 14.3 Å². The summed E-state index contributed by atoms with van der Waals surface area (Å²) in [5.41, 5.74) is 3.63. The molecule has 0 radical (unpaired) electrons. The smallest absolute Gasteiger partial charge is 0.346 e. The number of ether oxygens (including phenoxy) is 1. The average Bonchev–Trinajstić information content (AvgIpc) is 3.29. The lowest BCUT2D eigenvalue weighted by atomic mass is 9.28. The van der Waals surface area contributed by atoms with E-state index in [1.165, 1.54) is 37.7 Å². The number of hydrogen-bond acceptors (Lipinski definition) is 4. The first-order valence-corrected chi connectivity index (χ1v) is 12.1. The Kier molecular flexibility index (Phi) is 2.53. The zero-order valence-electron chi connectivity index (χ0n) is 16.0. The number of thioether (sulfide) groups is 1. The summed E-state index contributed by atoms with van der Waals surface area (Å²) in [6, 6.07) is 0. The number of rotatable bonds is 0. The zero-order valence-corrected chi connectivity index (χ0v) is 16.8. The van der Waals surface area contributed by atoms with Gasteiger partial charge in [-0.05, 0) is 103 Å². The summed E-state index contributed by atoms with van der Waals surface area (Å²) < 4.78 is 5.31. The highest BCUT2D eigenvalue weighted by Gasteiger charge is 2.76. The van der Waals surface area contributed by atoms with Crippen LogP contribution in [0.4, 0.5) is 0 Å². The first-order chi connectivity index (χ1) is 13.6. The van der Waals surface area contributed by atoms with Crippen LogP contribution in [0.3, 0.4) is 0 Å². The van der Waals surface area contributed by atoms with E-state index < -0.39 is 0 Å². The molecule has 28 heavy (non-hydrogen) atoms. The number of fused-ring (bicyclic) bond motifs is 1. The van der Waals surface area contributed by atoms with E-state index >= 15 is 0 Å². The van der Waals surface area contributed by atoms with E-state index in [-0.39, 0.29) is 17.4 Å². The second-order valence-electron chi connectivity index (χ2n) is 10.8. The Bertz CT molecular complexity index is 964. The standard InChI is InChI=1S/C24H24O3S/c1-9-12-2-3-28-21(12)24(20-18(9)22(25)27-23(20)26)11-7-14-13-4-10-5-16(14)19(24)17(6-10)15(13)8-11/h2-3,10-11,13-17,19,21H,4-8H2,1H3/t10?,11?,13?,14-,15+,16?,17?,19?,21-,24+/m1/s1. The molecule has 0 saturated heterocycles. The molecule has 0 aromatic heterocycles. The first-order valence-electron chi connectivity index (χ1n) is 11.1. The molecule has 0 amide bonds. The molecule has 10 aliphatic rings. The number of allylic oxidation sites excluding steroid dienone is 1. The third-order valence-electron chi connectivity index (χ3n) is 10.5. The first kappa shape index (κ1) is 15.5. The molecule has 7 fully saturated rings. The van der Waals surface area contributed by atoms with Gasteiger partial charge in [-0.25, -0.2) is 9.59 Å². The fourth-order valence-corrected chi connectivity index (χ4v) is 11.7. The van der Waals surface area contributed by atoms with Crippen LogP contribution in [-0.4, -0.2) is 17.2 Å². The van der Waals surface area contributed by atoms with E-state index in [0.29, 0.717) is 22.7 Å². The second-order valence-corrected chi connectivity index (χ2v) is 11.9. The molecule has 4 heteroatoms. The molecular formula is C24H24O3S. The van der Waals surface area contributed by atoms with Crippen LogP contribution in [0.2, 0.25) is 0 Å². The van der Waals surface area contributed by atoms with Crippen molar-refractivity contribution in [3.8, 4) is 0 Å². The summed E-state index contributed by atoms with van der Waals surface area (Å²) in [6.45, 7) is 2.03. The number of carbonyl (C=O) groups excluding carboxylic acids is 2. The van der Waals surface area contributed by atoms with Gasteiger partial charge in [0.1, 0.15) is 0 Å². The van der Waals surface area contributed by atoms with Gasteiger partial charge in [0.2, 0.25) is 0 Å². The molecule has 8 bridgehead atoms. The van der Waals surface area contributed by atoms with Gasteiger partial charge in [-0.3, -0.25) is 0 Å². The van der Waals surface area contributed by atoms with E-state index in [4.69, 9.17) is 4.74 Å². The average molecular weight is 393 g/mol. The van der Waals surface area contributed by atoms with E-state index in [1.54, 1.807) is 0 Å². The fourth-order valence-electron chi connectivity index (χ4n) is 10.3. The molecule has 7 saturated carbocycles. The van der Waals surface area contributed by atoms with Gasteiger partial charge < -0.3 is 4.74 Å². The molecule has 10 atom stereocenters. The lowest BCUT2D eigenvalue weighted by molar-refractivity contribution is -0.253. The molecule has 8 aliphatic carbocycles. The maximum Gasteiger partial charge on any atom is 0.346 e. The third-order valence-corrected chi connectivity index (χ3v) is 11.8. The topological polar surface area (TPSA) is 43.4 Å². The molecule has 3 nitrogen and oxygen atoms in total. The summed E-state index contributed by atoms with van der Waals surface area (Å²) >= 11 is 1.92. The Hall–Kier alpha value is -1.29. The highest BCUT2D eigenvalue weighted by atomic mass is 32.2. The lowest BCUT2D eigenvalue weighted by Crippen LogP contribution is -2.72. The van der Waals surface area contributed by atoms with E-state index in [1.807, 2.05) is 18.7 Å². The van der Waals surface area contributed by atoms with Crippen molar-refractivity contribution in [2.24, 2.45) is 52.8 Å². The zero-order chi connectivity index (χ0) is 18.5. The summed E-state index contributed by atoms with van der Waals surface area (Å²) in [5.74, 6) is 5.67. The van der Waals surface area contributed by atoms with Crippen molar-refractivity contribution in [3.63, 3.8) is 0 Å². The predicted octanol–water partition coefficient (Wildman–Crippen LogP) is 4.26. The molecule has 6 unspecified atom stereocenters. The Morgan fingerprint density at radius 3 is 2.39 bits per heavy atom. The minimum atomic E-state index is -0.380. The van der Waals surface area contributed by atoms with Gasteiger partial charge >= 0.3 is 11.9 Å². The van der Waals surface area contributed by atoms with Crippen LogP contribution in [0.1, 0.15) is 39.0 Å². The van der Waals surface area contributed by atoms with Crippen LogP contribution in [-0.2, 0) is 14.3 Å². The van der Waals surface area contributed by atoms with Gasteiger partial charge in [0.05, 0.1) is 11.1 Å². The second kappa shape index (κ2) is 4.55. The Balaban J connectivity index is 1.44. The van der Waals surface area contributed by atoms with Crippen LogP contribution in [0.5, 0.6) is 0 Å². The highest BCUT2D eigenvalue weighted by molar-refractivity contribution is 8.03. The number of carbonyl (C=O) groups is 2. The van der Waals surface area contributed by atoms with E-state index in [0.717, 1.165) is 46.7 Å². The van der Waals surface area contributed by atoms with Crippen molar-refractivity contribution in [2.45, 2.75) is 44.3 Å². The van der Waals surface area contributed by atoms with Crippen LogP contribution in [0, 0.1) is 52.8 Å². The quantitative estimate of drug-likeness (QED) is 0.456. The van der Waals surface area contributed by atoms with Crippen LogP contribution in [0.25, 0.3) is 0 Å². The van der Waals surface area contributed by atoms with Gasteiger partial charge in [-0.2, -0.15) is 0 Å². The SMILES string of the molecule is CC1=C2C=CS[C@H]2[C@@]2(C3=C1C(=O)OC3=O)C1C[C@@H]3C4CC5CC(C42)[C@H](C1)C3C5. The summed E-state index contributed by atoms with van der Waals surface area (Å²) in [5, 5.41) is 2.54. The molecular weight excluding hydrogens is 368 g/mol. The van der Waals surface area contributed by atoms with Crippen molar-refractivity contribution in [2.75, 3.05) is 0 Å². The third kappa shape index (κ3) is 1.37. The largest absolute Gasteiger partial charge is 0.386 e. The molecule has 0 N–H and O–H groups in total. The summed E-state index contributed by atoms with van der Waals surface area (Å²) in [4.78, 5) is 26.0. The van der Waals surface area contributed by atoms with Crippen molar-refractivity contribution in [1.29, 1.82) is 0 Å². The van der Waals surface area contributed by atoms with Crippen molar-refractivity contribution in [3.05, 3.63) is 33.8 Å². The monoisotopic (exact) mass is 392 g/mol. The molecule has 2 aliphatic heterocycles. The molecule has 10 rings (SSSR count). The number of cyclic esters (lactones) is 2. The fraction of sp³-hybridized carbons (Fsp3) is 0.667. The summed E-state index contributed by atoms with van der Waals surface area (Å²) in [7, 11) is 0. The molecule has 2 heterocycles. The lowest BCUT2D eigenvalue weighted by Gasteiger charge is -2.76. The maximum absolute atomic E-state index is 13.2. The molecule has 144 valence electrons. The van der Waals surface area contributed by atoms with E-state index in [2.05, 4.69) is 11.5 Å². The Morgan fingerprint density at radius 2 is 1.64 bits per heavy atom. The number of hydrogen-bond donors (Lipinski definition) is 0. The van der Waals surface area contributed by atoms with Gasteiger partial charge in [0.25, 0.3) is 0 Å². The molecule has 0 aromatic rings. The molecule has 0 aromatic carbocycles. The van der Waals surface area contributed by atoms with Crippen molar-refractivity contribution in [1.82, 2.24) is 0 Å². The minimum absolute atomic E-state index is 0.156. The van der Waals surface area contributed by atoms with Gasteiger partial charge in [0.15, 0.2) is 0 Å². The van der Waals surface area contributed by atoms with E-state index in [9.17, 15) is 9.59 Å². The van der Waals surface area contributed by atoms with Gasteiger partial charge in [0, 0.05) is 10.7 Å². The number of esters is 2. The van der Waals surface area contributed by atoms with Crippen LogP contribution in [0.15, 0.2) is 33.8 Å². The minimum Gasteiger partial charge on any atom is -0.386 e. The normalized spacial score (nSPS) is 56.4. The Morgan fingerprint density at radius 1 is 0.964 bits per heavy atom. The Labute approximate surface area is 169 Å². The van der Waals surface area contributed by atoms with Crippen LogP contribution >= 0.6 is 11.8 Å². The van der Waals surface area contributed by atoms with Crippen molar-refractivity contribution >= 4 is 23.7 Å². The van der Waals surface area contributed by atoms with Gasteiger partial charge in [-0.15, -0.1) is 11.8 Å². The van der Waals surface area contributed by atoms with Gasteiger partial charge in [-0.1, -0.05) is 6.08 Å². The highest BCUT2D eigenvalue weighted by Crippen LogP contribution is 2.80.